The van der Waals surface area contributed by atoms with E-state index in [-0.39, 0.29) is 52.8 Å². The van der Waals surface area contributed by atoms with Crippen molar-refractivity contribution in [2.75, 3.05) is 13.1 Å². The predicted octanol–water partition coefficient (Wildman–Crippen LogP) is 4.58. The van der Waals surface area contributed by atoms with Gasteiger partial charge in [-0.25, -0.2) is 9.78 Å². The molecule has 3 atom stereocenters. The first-order valence-corrected chi connectivity index (χ1v) is 14.5. The highest BCUT2D eigenvalue weighted by atomic mass is 16.2. The summed E-state index contributed by atoms with van der Waals surface area (Å²) in [6.45, 7) is 12.1. The van der Waals surface area contributed by atoms with Crippen LogP contribution in [0.25, 0.3) is 11.2 Å². The van der Waals surface area contributed by atoms with Crippen LogP contribution in [0.2, 0.25) is 0 Å². The Morgan fingerprint density at radius 1 is 1.07 bits per heavy atom. The number of benzene rings is 1. The zero-order chi connectivity index (χ0) is 28.8. The molecular formula is C32H43N5O3. The largest absolute Gasteiger partial charge is 0.351 e. The molecule has 5 rings (SSSR count). The van der Waals surface area contributed by atoms with Crippen LogP contribution in [-0.2, 0) is 23.2 Å². The molecule has 2 fully saturated rings. The third-order valence-electron chi connectivity index (χ3n) is 8.81. The molecule has 0 radical (unpaired) electrons. The second-order valence-electron chi connectivity index (χ2n) is 13.7. The summed E-state index contributed by atoms with van der Waals surface area (Å²) in [6.07, 6.45) is 3.14. The van der Waals surface area contributed by atoms with Crippen LogP contribution in [0.3, 0.4) is 0 Å². The minimum Gasteiger partial charge on any atom is -0.351 e. The Morgan fingerprint density at radius 2 is 1.80 bits per heavy atom. The summed E-state index contributed by atoms with van der Waals surface area (Å²) in [5.41, 5.74) is 3.53. The van der Waals surface area contributed by atoms with Gasteiger partial charge in [-0.3, -0.25) is 18.7 Å². The zero-order valence-corrected chi connectivity index (χ0v) is 24.7. The number of hydrogen-bond donors (Lipinski definition) is 1. The van der Waals surface area contributed by atoms with E-state index >= 15 is 0 Å². The molecule has 1 N–H and O–H groups in total. The Balaban J connectivity index is 1.28. The quantitative estimate of drug-likeness (QED) is 0.491. The Labute approximate surface area is 236 Å². The highest BCUT2D eigenvalue weighted by Gasteiger charge is 2.39. The first-order valence-electron chi connectivity index (χ1n) is 14.5. The minimum atomic E-state index is -0.106. The average Bonchev–Trinajstić information content (AvgIpc) is 3.37. The lowest BCUT2D eigenvalue weighted by Crippen LogP contribution is -2.51. The molecule has 3 heterocycles. The number of imidazole rings is 1. The molecule has 214 valence electrons. The number of hydrogen-bond acceptors (Lipinski definition) is 4. The highest BCUT2D eigenvalue weighted by Crippen LogP contribution is 2.42. The van der Waals surface area contributed by atoms with E-state index < -0.39 is 0 Å². The van der Waals surface area contributed by atoms with Gasteiger partial charge in [0, 0.05) is 50.1 Å². The normalized spacial score (nSPS) is 23.1. The maximum Gasteiger partial charge on any atom is 0.330 e. The maximum absolute atomic E-state index is 13.2. The van der Waals surface area contributed by atoms with Crippen molar-refractivity contribution in [2.24, 2.45) is 17.9 Å². The molecule has 8 heteroatoms. The fourth-order valence-electron chi connectivity index (χ4n) is 6.39. The Morgan fingerprint density at radius 3 is 2.50 bits per heavy atom. The van der Waals surface area contributed by atoms with Gasteiger partial charge in [-0.15, -0.1) is 0 Å². The van der Waals surface area contributed by atoms with Crippen molar-refractivity contribution < 1.29 is 9.59 Å². The van der Waals surface area contributed by atoms with Crippen LogP contribution in [-0.4, -0.2) is 50.0 Å². The van der Waals surface area contributed by atoms with Crippen LogP contribution >= 0.6 is 0 Å². The lowest BCUT2D eigenvalue weighted by atomic mass is 9.68. The molecule has 1 aliphatic carbocycles. The second-order valence-corrected chi connectivity index (χ2v) is 13.7. The summed E-state index contributed by atoms with van der Waals surface area (Å²) in [6, 6.07) is 14.1. The summed E-state index contributed by atoms with van der Waals surface area (Å²) in [5.74, 6) is 0.240. The topological polar surface area (TPSA) is 89.2 Å². The van der Waals surface area contributed by atoms with Gasteiger partial charge in [-0.1, -0.05) is 65.0 Å². The Kier molecular flexibility index (Phi) is 7.40. The Hall–Kier alpha value is -3.42. The van der Waals surface area contributed by atoms with Crippen LogP contribution in [0.1, 0.15) is 83.4 Å². The van der Waals surface area contributed by atoms with Crippen molar-refractivity contribution in [2.45, 2.75) is 84.7 Å². The van der Waals surface area contributed by atoms with Crippen LogP contribution in [0, 0.1) is 10.8 Å². The van der Waals surface area contributed by atoms with Gasteiger partial charge < -0.3 is 10.2 Å². The van der Waals surface area contributed by atoms with Crippen molar-refractivity contribution in [1.82, 2.24) is 24.3 Å². The number of fused-ring (bicyclic) bond motifs is 1. The first kappa shape index (κ1) is 28.1. The van der Waals surface area contributed by atoms with E-state index in [0.29, 0.717) is 25.2 Å². The molecule has 1 aliphatic heterocycles. The zero-order valence-electron chi connectivity index (χ0n) is 24.7. The summed E-state index contributed by atoms with van der Waals surface area (Å²) in [4.78, 5) is 45.6. The van der Waals surface area contributed by atoms with Crippen molar-refractivity contribution in [1.29, 1.82) is 0 Å². The molecule has 40 heavy (non-hydrogen) atoms. The molecule has 2 amide bonds. The first-order chi connectivity index (χ1) is 18.8. The Bertz CT molecular complexity index is 1460. The molecule has 1 aromatic carbocycles. The molecule has 8 nitrogen and oxygen atoms in total. The van der Waals surface area contributed by atoms with Crippen molar-refractivity contribution >= 4 is 23.0 Å². The molecule has 2 aliphatic rings. The molecular weight excluding hydrogens is 502 g/mol. The summed E-state index contributed by atoms with van der Waals surface area (Å²) < 4.78 is 3.47. The van der Waals surface area contributed by atoms with Crippen molar-refractivity contribution in [3.05, 3.63) is 64.2 Å². The lowest BCUT2D eigenvalue weighted by molar-refractivity contribution is -0.133. The van der Waals surface area contributed by atoms with Gasteiger partial charge in [-0.2, -0.15) is 0 Å². The van der Waals surface area contributed by atoms with E-state index in [1.54, 1.807) is 16.5 Å². The maximum atomic E-state index is 13.2. The van der Waals surface area contributed by atoms with Gasteiger partial charge in [0.2, 0.25) is 11.8 Å². The standard InChI is InChI=1S/C32H43N5O3/c1-31(2,3)20-37-25-13-12-24(33-29(25)35(6)30(37)40)22-14-15-32(4,5)26(16-22)34-27(38)19-36-18-23(17-28(36)39)21-10-8-7-9-11-21/h7-13,22-23,26H,14-20H2,1-6H3,(H,34,38). The number of carbonyl (C=O) groups is 2. The average molecular weight is 546 g/mol. The number of amides is 2. The third-order valence-corrected chi connectivity index (χ3v) is 8.81. The number of pyridine rings is 1. The number of rotatable bonds is 6. The van der Waals surface area contributed by atoms with Gasteiger partial charge in [0.25, 0.3) is 0 Å². The van der Waals surface area contributed by atoms with Gasteiger partial charge >= 0.3 is 5.69 Å². The van der Waals surface area contributed by atoms with E-state index in [4.69, 9.17) is 4.98 Å². The van der Waals surface area contributed by atoms with Crippen LogP contribution in [0.5, 0.6) is 0 Å². The molecule has 3 aromatic rings. The molecule has 1 saturated carbocycles. The number of carbonyl (C=O) groups excluding carboxylic acids is 2. The smallest absolute Gasteiger partial charge is 0.330 e. The fraction of sp³-hybridized carbons (Fsp3) is 0.562. The molecule has 0 bridgehead atoms. The van der Waals surface area contributed by atoms with Crippen LogP contribution in [0.15, 0.2) is 47.3 Å². The monoisotopic (exact) mass is 545 g/mol. The highest BCUT2D eigenvalue weighted by molar-refractivity contribution is 5.86. The van der Waals surface area contributed by atoms with Gasteiger partial charge in [-0.05, 0) is 47.8 Å². The van der Waals surface area contributed by atoms with E-state index in [2.05, 4.69) is 58.1 Å². The van der Waals surface area contributed by atoms with Crippen LogP contribution < -0.4 is 11.0 Å². The number of likely N-dealkylation sites (tertiary alicyclic amines) is 1. The van der Waals surface area contributed by atoms with Gasteiger partial charge in [0.05, 0.1) is 12.1 Å². The number of nitrogens with one attached hydrogen (secondary N) is 1. The molecule has 3 unspecified atom stereocenters. The molecule has 0 spiro atoms. The lowest BCUT2D eigenvalue weighted by Gasteiger charge is -2.42. The van der Waals surface area contributed by atoms with Crippen LogP contribution in [0.4, 0.5) is 0 Å². The van der Waals surface area contributed by atoms with E-state index in [1.807, 2.05) is 28.8 Å². The summed E-state index contributed by atoms with van der Waals surface area (Å²) in [5, 5.41) is 3.28. The van der Waals surface area contributed by atoms with Gasteiger partial charge in [0.1, 0.15) is 0 Å². The minimum absolute atomic E-state index is 0.0285. The number of aryl methyl sites for hydroxylation is 1. The number of nitrogens with zero attached hydrogens (tertiary/aromatic N) is 4. The second kappa shape index (κ2) is 10.5. The third kappa shape index (κ3) is 5.72. The fourth-order valence-corrected chi connectivity index (χ4v) is 6.39. The van der Waals surface area contributed by atoms with E-state index in [9.17, 15) is 14.4 Å². The molecule has 2 aromatic heterocycles. The van der Waals surface area contributed by atoms with Crippen molar-refractivity contribution in [3.8, 4) is 0 Å². The van der Waals surface area contributed by atoms with E-state index in [1.165, 1.54) is 0 Å². The van der Waals surface area contributed by atoms with E-state index in [0.717, 1.165) is 36.0 Å². The SMILES string of the molecule is Cn1c(=O)n(CC(C)(C)C)c2ccc(C3CCC(C)(C)C(NC(=O)CN4CC(c5ccccc5)CC4=O)C3)nc21. The van der Waals surface area contributed by atoms with Gasteiger partial charge in [0.15, 0.2) is 5.65 Å². The predicted molar refractivity (Wildman–Crippen MR) is 157 cm³/mol. The number of aromatic nitrogens is 3. The summed E-state index contributed by atoms with van der Waals surface area (Å²) >= 11 is 0. The van der Waals surface area contributed by atoms with Crippen molar-refractivity contribution in [3.63, 3.8) is 0 Å². The molecule has 1 saturated heterocycles. The summed E-state index contributed by atoms with van der Waals surface area (Å²) in [7, 11) is 1.79.